The third kappa shape index (κ3) is 67.1. The van der Waals surface area contributed by atoms with Gasteiger partial charge in [0.05, 0.1) is 26.2 Å². The Morgan fingerprint density at radius 3 is 1.00 bits per heavy atom. The van der Waals surface area contributed by atoms with Crippen LogP contribution in [0.25, 0.3) is 41.8 Å². The number of azide groups is 4. The van der Waals surface area contributed by atoms with Crippen LogP contribution < -0.4 is 16.0 Å². The molecule has 4 N–H and O–H groups in total. The minimum absolute atomic E-state index is 0.0306. The highest BCUT2D eigenvalue weighted by Crippen LogP contribution is 2.28. The molecule has 4 aromatic heterocycles. The fraction of sp³-hybridized carbons (Fsp3) is 0.672. The second-order valence-electron chi connectivity index (χ2n) is 28.8. The first kappa shape index (κ1) is 102. The summed E-state index contributed by atoms with van der Waals surface area (Å²) < 4.78 is 13.1. The van der Waals surface area contributed by atoms with Crippen LogP contribution in [0.3, 0.4) is 0 Å². The van der Waals surface area contributed by atoms with E-state index >= 15 is 0 Å². The van der Waals surface area contributed by atoms with Crippen molar-refractivity contribution in [3.05, 3.63) is 114 Å². The van der Waals surface area contributed by atoms with Gasteiger partial charge in [0.2, 0.25) is 17.7 Å². The minimum Gasteiger partial charge on any atom is -0.455 e. The Hall–Kier alpha value is -4.76. The number of aromatic nitrogens is 8. The lowest BCUT2D eigenvalue weighted by Crippen LogP contribution is -2.46. The quantitative estimate of drug-likeness (QED) is 0.00468. The third-order valence-corrected chi connectivity index (χ3v) is 44.7. The molecule has 4 rings (SSSR count). The number of carbonyl (C=O) groups is 4. The molecule has 0 unspecified atom stereocenters. The van der Waals surface area contributed by atoms with Crippen LogP contribution in [0.15, 0.2) is 90.7 Å². The van der Waals surface area contributed by atoms with E-state index in [0.29, 0.717) is 28.7 Å². The number of thioether (sulfide) groups is 4. The molecule has 3 amide bonds. The summed E-state index contributed by atoms with van der Waals surface area (Å²) in [6.07, 6.45) is 19.1. The summed E-state index contributed by atoms with van der Waals surface area (Å²) >= 11 is 18.6. The van der Waals surface area contributed by atoms with Gasteiger partial charge in [0.1, 0.15) is 5.78 Å². The molecule has 4 aromatic rings. The highest BCUT2D eigenvalue weighted by Gasteiger charge is 2.34. The Morgan fingerprint density at radius 2 is 0.724 bits per heavy atom. The molecule has 30 nitrogen and oxygen atoms in total. The number of nitrogens with one attached hydrogen (secondary N) is 3. The zero-order valence-corrected chi connectivity index (χ0v) is 78.2. The number of unbranched alkanes of at least 4 members (excludes halogenated alkanes) is 1. The van der Waals surface area contributed by atoms with Gasteiger partial charge in [-0.1, -0.05) is 113 Å². The summed E-state index contributed by atoms with van der Waals surface area (Å²) in [5, 5.41) is 28.7. The molecule has 44 heteroatoms. The van der Waals surface area contributed by atoms with E-state index < -0.39 is 65.2 Å². The number of halogens is 2. The number of hydrogen-bond acceptors (Lipinski definition) is 23. The van der Waals surface area contributed by atoms with E-state index in [9.17, 15) is 24.0 Å². The lowest BCUT2D eigenvalue weighted by atomic mass is 10.2. The van der Waals surface area contributed by atoms with Crippen LogP contribution in [-0.4, -0.2) is 174 Å². The number of carbonyl (C=O) groups excluding carboxylic acids is 4. The maximum Gasteiger partial charge on any atom is 0.216 e. The molecule has 0 bridgehead atoms. The fourth-order valence-electron chi connectivity index (χ4n) is 8.34. The first-order valence-corrected chi connectivity index (χ1v) is 65.5. The number of ketones is 1. The van der Waals surface area contributed by atoms with Crippen molar-refractivity contribution < 1.29 is 32.2 Å². The number of Topliss-reactive ketones (excluding diaryl/α,β-unsaturated/α-hetero) is 1. The first-order chi connectivity index (χ1) is 48.8. The van der Waals surface area contributed by atoms with Crippen LogP contribution in [0, 0.1) is 0 Å². The maximum absolute atomic E-state index is 11.0. The van der Waals surface area contributed by atoms with Crippen LogP contribution in [0.1, 0.15) is 88.5 Å². The molecule has 0 aliphatic carbocycles. The Balaban J connectivity index is 0. The van der Waals surface area contributed by atoms with Gasteiger partial charge >= 0.3 is 0 Å². The molecule has 0 aliphatic rings. The van der Waals surface area contributed by atoms with Gasteiger partial charge in [0, 0.05) is 141 Å². The summed E-state index contributed by atoms with van der Waals surface area (Å²) in [7, 11) is -12.5. The molecule has 0 aromatic carbocycles. The molecular formula is C61H115Cl2N23O7S4Si8. The van der Waals surface area contributed by atoms with Crippen LogP contribution in [-0.2, 0) is 53.6 Å². The van der Waals surface area contributed by atoms with Crippen molar-refractivity contribution >= 4 is 158 Å². The van der Waals surface area contributed by atoms with E-state index in [-0.39, 0.29) is 43.1 Å². The lowest BCUT2D eigenvalue weighted by molar-refractivity contribution is -0.119. The maximum atomic E-state index is 11.0. The largest absolute Gasteiger partial charge is 0.455 e. The molecule has 105 heavy (non-hydrogen) atoms. The Kier molecular flexibility index (Phi) is 55.0. The Bertz CT molecular complexity index is 3230. The normalized spacial score (nSPS) is 11.3. The van der Waals surface area contributed by atoms with Crippen LogP contribution >= 0.6 is 69.2 Å². The summed E-state index contributed by atoms with van der Waals surface area (Å²) in [6.45, 7) is 44.4. The van der Waals surface area contributed by atoms with E-state index in [1.54, 1.807) is 106 Å². The van der Waals surface area contributed by atoms with Crippen molar-refractivity contribution in [2.75, 3.05) is 41.1 Å². The molecule has 0 saturated carbocycles. The van der Waals surface area contributed by atoms with Crippen molar-refractivity contribution in [2.24, 2.45) is 20.5 Å². The Labute approximate surface area is 657 Å². The molecule has 0 spiro atoms. The first-order valence-electron chi connectivity index (χ1n) is 34.4. The van der Waals surface area contributed by atoms with Gasteiger partial charge in [-0.15, -0.1) is 0 Å². The van der Waals surface area contributed by atoms with E-state index in [1.165, 1.54) is 18.7 Å². The summed E-state index contributed by atoms with van der Waals surface area (Å²) in [5.41, 5.74) is 36.0. The zero-order chi connectivity index (χ0) is 80.2. The summed E-state index contributed by atoms with van der Waals surface area (Å²) in [4.78, 5) is 97.2. The van der Waals surface area contributed by atoms with Crippen molar-refractivity contribution in [3.63, 3.8) is 0 Å². The second kappa shape index (κ2) is 56.5. The molecule has 586 valence electrons. The van der Waals surface area contributed by atoms with Gasteiger partial charge in [-0.3, -0.25) is 14.4 Å². The number of nitrogens with zero attached hydrogens (tertiary/aromatic N) is 20. The third-order valence-electron chi connectivity index (χ3n) is 12.8. The molecule has 0 fully saturated rings. The average Bonchev–Trinajstić information content (AvgIpc) is 0.868. The molecule has 0 atom stereocenters. The lowest BCUT2D eigenvalue weighted by Gasteiger charge is -2.34. The van der Waals surface area contributed by atoms with Crippen molar-refractivity contribution in [1.29, 1.82) is 0 Å². The van der Waals surface area contributed by atoms with E-state index in [1.807, 2.05) is 13.1 Å². The predicted octanol–water partition coefficient (Wildman–Crippen LogP) is 17.4. The van der Waals surface area contributed by atoms with E-state index in [0.717, 1.165) is 125 Å². The minimum atomic E-state index is -2.06. The SMILES string of the molecule is CC(=O)CCCC[Si](C)(C)O[Si](C)(C)CSc1ncc(CN=[N+]=[N-])cn1.CC(=O)NCCC[Si](C)(C)Cl.CC(=O)NCCC[Si](C)(C)O[Si](C)(C)CCCNC(C)=O.C[SiH](C)CSc1ncc(CN=[N+]=[N-])cn1.C[Si](C)(Cl)CSc1ncc(CN=[N+]=[N-])cn1.C[Si](C)(O)CSc1ncc(CN=[N+]=[N-])cn1. The van der Waals surface area contributed by atoms with Gasteiger partial charge in [-0.05, 0) is 172 Å². The van der Waals surface area contributed by atoms with Gasteiger partial charge in [0.25, 0.3) is 0 Å². The molecule has 0 aliphatic heterocycles. The van der Waals surface area contributed by atoms with Crippen molar-refractivity contribution in [2.45, 2.75) is 242 Å². The highest BCUT2D eigenvalue weighted by molar-refractivity contribution is 8.01. The van der Waals surface area contributed by atoms with Gasteiger partial charge < -0.3 is 33.8 Å². The number of rotatable bonds is 41. The van der Waals surface area contributed by atoms with Gasteiger partial charge in [0.15, 0.2) is 77.0 Å². The molecule has 0 saturated heterocycles. The van der Waals surface area contributed by atoms with Crippen LogP contribution in [0.4, 0.5) is 0 Å². The Morgan fingerprint density at radius 1 is 0.438 bits per heavy atom. The smallest absolute Gasteiger partial charge is 0.216 e. The zero-order valence-electron chi connectivity index (χ0n) is 65.3. The standard InChI is InChI=1S/C16H29N5O2SSi2.C14H32N2O3Si2.C8H12ClN5SSi.C8H13N5OSSi.C8H13N5SSi.C7H16ClNOSi/c1-14(22)8-6-7-9-25(2,3)23-26(4,5)13-24-16-18-10-15(11-19-16)12-20-21-17;1-13(17)15-9-7-11-20(3,4)19-21(5,6)12-8-10-16-14(2)18;1-16(2,9)6-15-8-11-3-7(4-12-8)5-13-14-10;1-16(2,14)6-15-8-10-3-7(4-11-8)5-12-13-9;1-15(2)6-14-8-10-3-7(4-11-8)5-12-13-9;1-7(10)9-5-4-6-11(2,3)8/h10-11H,6-9,12-13H2,1-5H3;7-12H2,1-6H3,(H,15,17)(H,16,18);3-4H,5-6H2,1-2H3;3-4,14H,5-6H2,1-2H3;3-4,15H,5-6H2,1-2H3;4-6H2,1-3H3,(H,9,10). The number of hydrogen-bond donors (Lipinski definition) is 4. The van der Waals surface area contributed by atoms with Crippen LogP contribution in [0.2, 0.25) is 129 Å². The van der Waals surface area contributed by atoms with Crippen molar-refractivity contribution in [3.8, 4) is 0 Å². The van der Waals surface area contributed by atoms with E-state index in [2.05, 4.69) is 188 Å². The molecule has 0 radical (unpaired) electrons. The summed E-state index contributed by atoms with van der Waals surface area (Å²) in [6, 6.07) is 4.28. The average molecular weight is 1710 g/mol. The number of amides is 3. The predicted molar refractivity (Wildman–Crippen MR) is 453 cm³/mol. The highest BCUT2D eigenvalue weighted by atomic mass is 35.6. The van der Waals surface area contributed by atoms with Crippen LogP contribution in [0.5, 0.6) is 0 Å². The van der Waals surface area contributed by atoms with Crippen molar-refractivity contribution in [1.82, 2.24) is 55.8 Å². The molecule has 4 heterocycles. The monoisotopic (exact) mass is 1700 g/mol. The molecular weight excluding hydrogens is 1590 g/mol. The topological polar surface area (TPSA) is 441 Å². The van der Waals surface area contributed by atoms with E-state index in [4.69, 9.17) is 52.5 Å². The van der Waals surface area contributed by atoms with Gasteiger partial charge in [-0.2, -0.15) is 22.2 Å². The fourth-order valence-corrected chi connectivity index (χ4v) is 36.0. The second-order valence-corrected chi connectivity index (χ2v) is 73.3. The van der Waals surface area contributed by atoms with Gasteiger partial charge in [-0.25, -0.2) is 39.9 Å². The summed E-state index contributed by atoms with van der Waals surface area (Å²) in [5.74, 6) is 0.368.